The van der Waals surface area contributed by atoms with Crippen molar-refractivity contribution in [1.29, 1.82) is 0 Å². The molecule has 1 rings (SSSR count). The van der Waals surface area contributed by atoms with Crippen molar-refractivity contribution in [3.05, 3.63) is 11.7 Å². The largest absolute Gasteiger partial charge is 0.479 e. The van der Waals surface area contributed by atoms with Gasteiger partial charge in [-0.05, 0) is 0 Å². The van der Waals surface area contributed by atoms with Crippen molar-refractivity contribution in [1.82, 2.24) is 4.98 Å². The van der Waals surface area contributed by atoms with Crippen LogP contribution in [0.2, 0.25) is 0 Å². The first-order valence-electron chi connectivity index (χ1n) is 4.42. The van der Waals surface area contributed by atoms with E-state index < -0.39 is 0 Å². The van der Waals surface area contributed by atoms with Crippen LogP contribution in [0.3, 0.4) is 0 Å². The number of ether oxygens (including phenoxy) is 1. The van der Waals surface area contributed by atoms with Crippen LogP contribution in [-0.2, 0) is 6.42 Å². The first-order chi connectivity index (χ1) is 6.19. The van der Waals surface area contributed by atoms with Gasteiger partial charge in [0.05, 0.1) is 7.11 Å². The maximum atomic E-state index is 5.49. The quantitative estimate of drug-likeness (QED) is 0.766. The topological polar surface area (TPSA) is 61.3 Å². The zero-order chi connectivity index (χ0) is 9.84. The summed E-state index contributed by atoms with van der Waals surface area (Å²) in [6.45, 7) is 4.62. The number of aromatic nitrogens is 1. The lowest BCUT2D eigenvalue weighted by Gasteiger charge is -2.00. The molecule has 13 heavy (non-hydrogen) atoms. The first kappa shape index (κ1) is 10.1. The smallest absolute Gasteiger partial charge is 0.256 e. The zero-order valence-electron chi connectivity index (χ0n) is 8.33. The number of nitrogens with zero attached hydrogens (tertiary/aromatic N) is 1. The van der Waals surface area contributed by atoms with Crippen LogP contribution in [0, 0.1) is 0 Å². The van der Waals surface area contributed by atoms with Gasteiger partial charge in [-0.1, -0.05) is 13.8 Å². The van der Waals surface area contributed by atoms with Crippen LogP contribution in [0.4, 0.5) is 0 Å². The minimum absolute atomic E-state index is 0.286. The van der Waals surface area contributed by atoms with Gasteiger partial charge in [0.1, 0.15) is 0 Å². The Morgan fingerprint density at radius 3 is 2.62 bits per heavy atom. The molecular weight excluding hydrogens is 168 g/mol. The minimum atomic E-state index is 0.286. The summed E-state index contributed by atoms with van der Waals surface area (Å²) in [4.78, 5) is 4.17. The molecule has 4 heteroatoms. The molecule has 0 spiro atoms. The van der Waals surface area contributed by atoms with E-state index in [1.54, 1.807) is 7.11 Å². The lowest BCUT2D eigenvalue weighted by atomic mass is 10.2. The van der Waals surface area contributed by atoms with Crippen LogP contribution in [0.15, 0.2) is 4.42 Å². The normalized spacial score (nSPS) is 10.8. The zero-order valence-corrected chi connectivity index (χ0v) is 8.33. The third-order valence-electron chi connectivity index (χ3n) is 1.74. The van der Waals surface area contributed by atoms with Gasteiger partial charge in [-0.15, -0.1) is 0 Å². The highest BCUT2D eigenvalue weighted by atomic mass is 16.5. The minimum Gasteiger partial charge on any atom is -0.479 e. The highest BCUT2D eigenvalue weighted by molar-refractivity contribution is 5.19. The molecule has 0 aliphatic rings. The lowest BCUT2D eigenvalue weighted by molar-refractivity contribution is 0.374. The molecule has 2 N–H and O–H groups in total. The predicted octanol–water partition coefficient (Wildman–Crippen LogP) is 1.31. The summed E-state index contributed by atoms with van der Waals surface area (Å²) in [6.07, 6.45) is 0.656. The van der Waals surface area contributed by atoms with E-state index in [1.165, 1.54) is 0 Å². The average Bonchev–Trinajstić information content (AvgIpc) is 2.48. The molecule has 1 aromatic heterocycles. The Labute approximate surface area is 78.1 Å². The number of rotatable bonds is 4. The maximum Gasteiger partial charge on any atom is 0.256 e. The van der Waals surface area contributed by atoms with E-state index in [0.29, 0.717) is 24.7 Å². The predicted molar refractivity (Wildman–Crippen MR) is 49.9 cm³/mol. The molecule has 0 radical (unpaired) electrons. The van der Waals surface area contributed by atoms with Gasteiger partial charge in [0.15, 0.2) is 11.7 Å². The van der Waals surface area contributed by atoms with E-state index in [0.717, 1.165) is 5.76 Å². The Morgan fingerprint density at radius 2 is 2.23 bits per heavy atom. The van der Waals surface area contributed by atoms with Crippen LogP contribution in [-0.4, -0.2) is 18.6 Å². The van der Waals surface area contributed by atoms with Crippen molar-refractivity contribution in [2.75, 3.05) is 13.7 Å². The summed E-state index contributed by atoms with van der Waals surface area (Å²) < 4.78 is 10.6. The molecule has 0 aliphatic carbocycles. The summed E-state index contributed by atoms with van der Waals surface area (Å²) in [7, 11) is 1.59. The van der Waals surface area contributed by atoms with Crippen LogP contribution < -0.4 is 10.5 Å². The summed E-state index contributed by atoms with van der Waals surface area (Å²) >= 11 is 0. The van der Waals surface area contributed by atoms with Crippen molar-refractivity contribution in [2.45, 2.75) is 26.2 Å². The molecule has 0 amide bonds. The fourth-order valence-electron chi connectivity index (χ4n) is 1.10. The summed E-state index contributed by atoms with van der Waals surface area (Å²) in [5.41, 5.74) is 5.40. The number of nitrogens with two attached hydrogens (primary N) is 1. The fourth-order valence-corrected chi connectivity index (χ4v) is 1.10. The highest BCUT2D eigenvalue weighted by Crippen LogP contribution is 2.26. The molecule has 0 aliphatic heterocycles. The van der Waals surface area contributed by atoms with Gasteiger partial charge in [-0.2, -0.15) is 4.98 Å². The molecule has 0 bridgehead atoms. The van der Waals surface area contributed by atoms with Crippen LogP contribution in [0.5, 0.6) is 5.88 Å². The summed E-state index contributed by atoms with van der Waals surface area (Å²) in [5.74, 6) is 2.32. The number of hydrogen-bond acceptors (Lipinski definition) is 4. The average molecular weight is 184 g/mol. The second-order valence-electron chi connectivity index (χ2n) is 3.17. The van der Waals surface area contributed by atoms with Gasteiger partial charge >= 0.3 is 0 Å². The maximum absolute atomic E-state index is 5.49. The van der Waals surface area contributed by atoms with Gasteiger partial charge in [-0.25, -0.2) is 0 Å². The molecule has 4 nitrogen and oxygen atoms in total. The fraction of sp³-hybridized carbons (Fsp3) is 0.667. The van der Waals surface area contributed by atoms with E-state index in [4.69, 9.17) is 14.9 Å². The highest BCUT2D eigenvalue weighted by Gasteiger charge is 2.15. The SMILES string of the molecule is COc1nc(CCN)oc1C(C)C. The van der Waals surface area contributed by atoms with Gasteiger partial charge in [0.25, 0.3) is 5.88 Å². The van der Waals surface area contributed by atoms with E-state index in [9.17, 15) is 0 Å². The first-order valence-corrected chi connectivity index (χ1v) is 4.42. The number of oxazole rings is 1. The molecule has 0 saturated carbocycles. The van der Waals surface area contributed by atoms with Gasteiger partial charge in [0, 0.05) is 18.9 Å². The Hall–Kier alpha value is -1.03. The second kappa shape index (κ2) is 4.28. The number of methoxy groups -OCH3 is 1. The van der Waals surface area contributed by atoms with Crippen molar-refractivity contribution < 1.29 is 9.15 Å². The molecule has 0 unspecified atom stereocenters. The molecule has 1 aromatic rings. The van der Waals surface area contributed by atoms with Crippen LogP contribution in [0.25, 0.3) is 0 Å². The lowest BCUT2D eigenvalue weighted by Crippen LogP contribution is -2.02. The van der Waals surface area contributed by atoms with Crippen LogP contribution >= 0.6 is 0 Å². The second-order valence-corrected chi connectivity index (χ2v) is 3.17. The molecule has 0 fully saturated rings. The third kappa shape index (κ3) is 2.21. The van der Waals surface area contributed by atoms with Crippen LogP contribution in [0.1, 0.15) is 31.4 Å². The Morgan fingerprint density at radius 1 is 1.54 bits per heavy atom. The standard InChI is InChI=1S/C9H16N2O2/c1-6(2)8-9(12-3)11-7(13-8)4-5-10/h6H,4-5,10H2,1-3H3. The van der Waals surface area contributed by atoms with Crippen molar-refractivity contribution >= 4 is 0 Å². The van der Waals surface area contributed by atoms with E-state index in [1.807, 2.05) is 13.8 Å². The summed E-state index contributed by atoms with van der Waals surface area (Å²) in [6, 6.07) is 0. The number of hydrogen-bond donors (Lipinski definition) is 1. The Balaban J connectivity index is 2.90. The van der Waals surface area contributed by atoms with Crippen molar-refractivity contribution in [3.63, 3.8) is 0 Å². The molecule has 0 saturated heterocycles. The Bertz CT molecular complexity index is 269. The van der Waals surface area contributed by atoms with Gasteiger partial charge < -0.3 is 14.9 Å². The third-order valence-corrected chi connectivity index (χ3v) is 1.74. The van der Waals surface area contributed by atoms with E-state index in [-0.39, 0.29) is 5.92 Å². The van der Waals surface area contributed by atoms with Gasteiger partial charge in [-0.3, -0.25) is 0 Å². The monoisotopic (exact) mass is 184 g/mol. The van der Waals surface area contributed by atoms with Crippen molar-refractivity contribution in [2.24, 2.45) is 5.73 Å². The van der Waals surface area contributed by atoms with Crippen molar-refractivity contribution in [3.8, 4) is 5.88 Å². The van der Waals surface area contributed by atoms with E-state index >= 15 is 0 Å². The molecule has 74 valence electrons. The molecule has 1 heterocycles. The summed E-state index contributed by atoms with van der Waals surface area (Å²) in [5, 5.41) is 0. The van der Waals surface area contributed by atoms with E-state index in [2.05, 4.69) is 4.98 Å². The molecule has 0 aromatic carbocycles. The van der Waals surface area contributed by atoms with Gasteiger partial charge in [0.2, 0.25) is 0 Å². The Kier molecular flexibility index (Phi) is 3.31. The molecular formula is C9H16N2O2. The molecule has 0 atom stereocenters.